The second-order valence-corrected chi connectivity index (χ2v) is 5.50. The van der Waals surface area contributed by atoms with Crippen molar-refractivity contribution in [3.05, 3.63) is 45.1 Å². The molecule has 6 heteroatoms. The van der Waals surface area contributed by atoms with Gasteiger partial charge in [-0.3, -0.25) is 0 Å². The van der Waals surface area contributed by atoms with E-state index in [2.05, 4.69) is 47.1 Å². The monoisotopic (exact) mass is 385 g/mol. The lowest BCUT2D eigenvalue weighted by molar-refractivity contribution is 0.291. The lowest BCUT2D eigenvalue weighted by atomic mass is 10.2. The molecule has 100 valence electrons. The molecule has 0 amide bonds. The molecular weight excluding hydrogens is 374 g/mol. The molecule has 0 atom stereocenters. The number of aromatic nitrogens is 2. The first-order valence-corrected chi connectivity index (χ1v) is 7.41. The van der Waals surface area contributed by atoms with E-state index in [1.54, 1.807) is 0 Å². The van der Waals surface area contributed by atoms with Crippen molar-refractivity contribution in [3.8, 4) is 5.88 Å². The van der Waals surface area contributed by atoms with Crippen LogP contribution in [0.3, 0.4) is 0 Å². The molecule has 0 saturated carbocycles. The van der Waals surface area contributed by atoms with Crippen molar-refractivity contribution in [2.45, 2.75) is 13.5 Å². The van der Waals surface area contributed by atoms with Gasteiger partial charge in [0.15, 0.2) is 0 Å². The molecule has 0 radical (unpaired) electrons. The Balaban J connectivity index is 2.07. The lowest BCUT2D eigenvalue weighted by Gasteiger charge is -2.10. The smallest absolute Gasteiger partial charge is 0.233 e. The number of nitrogens with one attached hydrogen (secondary N) is 1. The molecule has 0 fully saturated rings. The summed E-state index contributed by atoms with van der Waals surface area (Å²) in [5.74, 6) is 1.28. The molecular formula is C13H13Br2N3O. The van der Waals surface area contributed by atoms with Crippen LogP contribution < -0.4 is 10.1 Å². The molecule has 0 spiro atoms. The Morgan fingerprint density at radius 1 is 1.16 bits per heavy atom. The summed E-state index contributed by atoms with van der Waals surface area (Å²) in [4.78, 5) is 8.26. The molecule has 19 heavy (non-hydrogen) atoms. The highest BCUT2D eigenvalue weighted by Gasteiger charge is 2.09. The van der Waals surface area contributed by atoms with Gasteiger partial charge in [0.25, 0.3) is 0 Å². The molecule has 0 aliphatic rings. The predicted molar refractivity (Wildman–Crippen MR) is 82.4 cm³/mol. The van der Waals surface area contributed by atoms with E-state index >= 15 is 0 Å². The summed E-state index contributed by atoms with van der Waals surface area (Å²) in [6.07, 6.45) is 1.49. The Kier molecular flexibility index (Phi) is 5.15. The highest BCUT2D eigenvalue weighted by Crippen LogP contribution is 2.28. The van der Waals surface area contributed by atoms with Gasteiger partial charge in [0, 0.05) is 11.0 Å². The summed E-state index contributed by atoms with van der Waals surface area (Å²) in [5.41, 5.74) is 1.08. The van der Waals surface area contributed by atoms with E-state index in [4.69, 9.17) is 4.74 Å². The van der Waals surface area contributed by atoms with E-state index in [0.717, 1.165) is 26.9 Å². The summed E-state index contributed by atoms with van der Waals surface area (Å²) in [6.45, 7) is 3.27. The van der Waals surface area contributed by atoms with Gasteiger partial charge in [0.1, 0.15) is 23.2 Å². The fourth-order valence-electron chi connectivity index (χ4n) is 1.48. The lowest BCUT2D eigenvalue weighted by Crippen LogP contribution is -2.04. The number of benzene rings is 1. The van der Waals surface area contributed by atoms with E-state index in [1.165, 1.54) is 6.33 Å². The quantitative estimate of drug-likeness (QED) is 0.843. The third kappa shape index (κ3) is 3.91. The van der Waals surface area contributed by atoms with Gasteiger partial charge < -0.3 is 10.1 Å². The largest absolute Gasteiger partial charge is 0.472 e. The maximum absolute atomic E-state index is 5.70. The van der Waals surface area contributed by atoms with Crippen molar-refractivity contribution < 1.29 is 4.74 Å². The highest BCUT2D eigenvalue weighted by atomic mass is 79.9. The zero-order valence-electron chi connectivity index (χ0n) is 10.4. The second kappa shape index (κ2) is 6.86. The van der Waals surface area contributed by atoms with Crippen molar-refractivity contribution in [2.24, 2.45) is 0 Å². The van der Waals surface area contributed by atoms with E-state index in [0.29, 0.717) is 12.5 Å². The predicted octanol–water partition coefficient (Wildman–Crippen LogP) is 4.01. The Labute approximate surface area is 128 Å². The molecule has 0 bridgehead atoms. The molecule has 1 heterocycles. The summed E-state index contributed by atoms with van der Waals surface area (Å²) in [6, 6.07) is 7.98. The number of anilines is 1. The van der Waals surface area contributed by atoms with Gasteiger partial charge in [-0.1, -0.05) is 28.1 Å². The maximum Gasteiger partial charge on any atom is 0.233 e. The topological polar surface area (TPSA) is 47.0 Å². The van der Waals surface area contributed by atoms with Crippen LogP contribution >= 0.6 is 31.9 Å². The van der Waals surface area contributed by atoms with Gasteiger partial charge in [0.2, 0.25) is 5.88 Å². The molecule has 0 saturated heterocycles. The summed E-state index contributed by atoms with van der Waals surface area (Å²) < 4.78 is 7.49. The Morgan fingerprint density at radius 2 is 1.89 bits per heavy atom. The van der Waals surface area contributed by atoms with Crippen molar-refractivity contribution in [1.29, 1.82) is 0 Å². The van der Waals surface area contributed by atoms with Crippen LogP contribution in [0.5, 0.6) is 5.88 Å². The zero-order chi connectivity index (χ0) is 13.7. The van der Waals surface area contributed by atoms with Crippen LogP contribution in [0.4, 0.5) is 5.82 Å². The van der Waals surface area contributed by atoms with Crippen LogP contribution in [0.2, 0.25) is 0 Å². The van der Waals surface area contributed by atoms with Crippen molar-refractivity contribution >= 4 is 37.7 Å². The van der Waals surface area contributed by atoms with Gasteiger partial charge in [-0.2, -0.15) is 0 Å². The number of hydrogen-bond donors (Lipinski definition) is 1. The molecule has 0 aliphatic carbocycles. The maximum atomic E-state index is 5.70. The minimum atomic E-state index is 0.467. The number of halogens is 2. The van der Waals surface area contributed by atoms with Crippen LogP contribution in [0.25, 0.3) is 0 Å². The van der Waals surface area contributed by atoms with E-state index in [-0.39, 0.29) is 0 Å². The van der Waals surface area contributed by atoms with Gasteiger partial charge in [-0.15, -0.1) is 0 Å². The molecule has 0 unspecified atom stereocenters. The van der Waals surface area contributed by atoms with Crippen LogP contribution in [-0.4, -0.2) is 16.5 Å². The van der Waals surface area contributed by atoms with Crippen LogP contribution in [0, 0.1) is 0 Å². The van der Waals surface area contributed by atoms with Gasteiger partial charge in [-0.05, 0) is 40.5 Å². The summed E-state index contributed by atoms with van der Waals surface area (Å²) in [5, 5.41) is 3.14. The highest BCUT2D eigenvalue weighted by molar-refractivity contribution is 9.11. The van der Waals surface area contributed by atoms with Crippen LogP contribution in [-0.2, 0) is 6.61 Å². The fourth-order valence-corrected chi connectivity index (χ4v) is 2.20. The molecule has 1 N–H and O–H groups in total. The van der Waals surface area contributed by atoms with Gasteiger partial charge in [-0.25, -0.2) is 9.97 Å². The van der Waals surface area contributed by atoms with Crippen molar-refractivity contribution in [2.75, 3.05) is 11.9 Å². The van der Waals surface area contributed by atoms with E-state index < -0.39 is 0 Å². The van der Waals surface area contributed by atoms with E-state index in [9.17, 15) is 0 Å². The molecule has 2 aromatic rings. The van der Waals surface area contributed by atoms with Crippen molar-refractivity contribution in [1.82, 2.24) is 9.97 Å². The first-order chi connectivity index (χ1) is 9.20. The molecule has 2 rings (SSSR count). The summed E-state index contributed by atoms with van der Waals surface area (Å²) in [7, 11) is 0. The number of rotatable bonds is 5. The molecule has 0 aliphatic heterocycles. The molecule has 1 aromatic carbocycles. The average Bonchev–Trinajstić information content (AvgIpc) is 2.42. The fraction of sp³-hybridized carbons (Fsp3) is 0.231. The Hall–Kier alpha value is -1.14. The summed E-state index contributed by atoms with van der Waals surface area (Å²) >= 11 is 6.85. The standard InChI is InChI=1S/C13H13Br2N3O/c1-2-16-12-11(15)13(18-8-17-12)19-7-9-3-5-10(14)6-4-9/h3-6,8H,2,7H2,1H3,(H,16,17,18). The van der Waals surface area contributed by atoms with E-state index in [1.807, 2.05) is 31.2 Å². The zero-order valence-corrected chi connectivity index (χ0v) is 13.5. The molecule has 1 aromatic heterocycles. The minimum absolute atomic E-state index is 0.467. The number of hydrogen-bond acceptors (Lipinski definition) is 4. The second-order valence-electron chi connectivity index (χ2n) is 3.79. The normalized spacial score (nSPS) is 10.3. The minimum Gasteiger partial charge on any atom is -0.472 e. The number of nitrogens with zero attached hydrogens (tertiary/aromatic N) is 2. The average molecular weight is 387 g/mol. The Bertz CT molecular complexity index is 546. The third-order valence-electron chi connectivity index (χ3n) is 2.39. The first kappa shape index (κ1) is 14.3. The Morgan fingerprint density at radius 3 is 2.58 bits per heavy atom. The first-order valence-electron chi connectivity index (χ1n) is 5.82. The van der Waals surface area contributed by atoms with Gasteiger partial charge in [0.05, 0.1) is 0 Å². The van der Waals surface area contributed by atoms with Crippen molar-refractivity contribution in [3.63, 3.8) is 0 Å². The number of ether oxygens (including phenoxy) is 1. The van der Waals surface area contributed by atoms with Gasteiger partial charge >= 0.3 is 0 Å². The SMILES string of the molecule is CCNc1ncnc(OCc2ccc(Br)cc2)c1Br. The van der Waals surface area contributed by atoms with Crippen LogP contribution in [0.15, 0.2) is 39.5 Å². The third-order valence-corrected chi connectivity index (χ3v) is 3.63. The molecule has 4 nitrogen and oxygen atoms in total. The van der Waals surface area contributed by atoms with Crippen LogP contribution in [0.1, 0.15) is 12.5 Å².